The number of amides is 1. The topological polar surface area (TPSA) is 46.3 Å². The molecule has 2 N–H and O–H groups in total. The lowest BCUT2D eigenvalue weighted by Crippen LogP contribution is -2.44. The molecule has 0 spiro atoms. The lowest BCUT2D eigenvalue weighted by molar-refractivity contribution is -0.135. The van der Waals surface area contributed by atoms with E-state index in [-0.39, 0.29) is 11.9 Å². The second-order valence-corrected chi connectivity index (χ2v) is 5.08. The molecule has 15 heavy (non-hydrogen) atoms. The highest BCUT2D eigenvalue weighted by atomic mass is 16.2. The zero-order chi connectivity index (χ0) is 11.4. The van der Waals surface area contributed by atoms with Gasteiger partial charge in [-0.3, -0.25) is 4.79 Å². The molecule has 1 rings (SSSR count). The third-order valence-electron chi connectivity index (χ3n) is 3.27. The molecule has 3 unspecified atom stereocenters. The number of carbonyl (C=O) groups is 1. The molecule has 1 fully saturated rings. The third-order valence-corrected chi connectivity index (χ3v) is 3.27. The standard InChI is InChI=1S/C12H24N2O/c1-9-6-7-14(11(3)8-9)12(15)5-4-10(2)13/h9-11H,4-8,13H2,1-3H3. The van der Waals surface area contributed by atoms with Crippen LogP contribution in [0.1, 0.15) is 46.5 Å². The normalized spacial score (nSPS) is 28.9. The van der Waals surface area contributed by atoms with Crippen molar-refractivity contribution in [3.63, 3.8) is 0 Å². The van der Waals surface area contributed by atoms with Gasteiger partial charge in [0, 0.05) is 25.0 Å². The average molecular weight is 212 g/mol. The Morgan fingerprint density at radius 1 is 1.53 bits per heavy atom. The van der Waals surface area contributed by atoms with Crippen LogP contribution in [0.4, 0.5) is 0 Å². The summed E-state index contributed by atoms with van der Waals surface area (Å²) in [5, 5.41) is 0. The second kappa shape index (κ2) is 5.50. The van der Waals surface area contributed by atoms with Gasteiger partial charge >= 0.3 is 0 Å². The SMILES string of the molecule is CC(N)CCC(=O)N1CCC(C)CC1C. The Morgan fingerprint density at radius 3 is 2.73 bits per heavy atom. The van der Waals surface area contributed by atoms with Crippen molar-refractivity contribution in [2.24, 2.45) is 11.7 Å². The summed E-state index contributed by atoms with van der Waals surface area (Å²) in [7, 11) is 0. The van der Waals surface area contributed by atoms with Gasteiger partial charge in [0.1, 0.15) is 0 Å². The number of hydrogen-bond donors (Lipinski definition) is 1. The van der Waals surface area contributed by atoms with Crippen LogP contribution < -0.4 is 5.73 Å². The molecule has 3 nitrogen and oxygen atoms in total. The molecular formula is C12H24N2O. The van der Waals surface area contributed by atoms with Crippen molar-refractivity contribution in [2.75, 3.05) is 6.54 Å². The maximum Gasteiger partial charge on any atom is 0.222 e. The highest BCUT2D eigenvalue weighted by molar-refractivity contribution is 5.76. The highest BCUT2D eigenvalue weighted by Crippen LogP contribution is 2.22. The van der Waals surface area contributed by atoms with E-state index < -0.39 is 0 Å². The van der Waals surface area contributed by atoms with Crippen LogP contribution in [-0.2, 0) is 4.79 Å². The van der Waals surface area contributed by atoms with Crippen LogP contribution in [-0.4, -0.2) is 29.4 Å². The molecule has 0 radical (unpaired) electrons. The van der Waals surface area contributed by atoms with Crippen molar-refractivity contribution in [3.05, 3.63) is 0 Å². The van der Waals surface area contributed by atoms with Crippen LogP contribution in [0.25, 0.3) is 0 Å². The molecule has 0 bridgehead atoms. The molecule has 1 heterocycles. The molecule has 1 aliphatic rings. The maximum atomic E-state index is 11.9. The largest absolute Gasteiger partial charge is 0.340 e. The van der Waals surface area contributed by atoms with Crippen LogP contribution in [0.5, 0.6) is 0 Å². The maximum absolute atomic E-state index is 11.9. The predicted octanol–water partition coefficient (Wildman–Crippen LogP) is 1.76. The van der Waals surface area contributed by atoms with E-state index >= 15 is 0 Å². The predicted molar refractivity (Wildman–Crippen MR) is 62.5 cm³/mol. The molecule has 0 aromatic heterocycles. The summed E-state index contributed by atoms with van der Waals surface area (Å²) < 4.78 is 0. The summed E-state index contributed by atoms with van der Waals surface area (Å²) in [5.41, 5.74) is 5.66. The highest BCUT2D eigenvalue weighted by Gasteiger charge is 2.26. The first-order chi connectivity index (χ1) is 7.00. The van der Waals surface area contributed by atoms with Gasteiger partial charge in [-0.15, -0.1) is 0 Å². The number of likely N-dealkylation sites (tertiary alicyclic amines) is 1. The first-order valence-electron chi connectivity index (χ1n) is 6.05. The molecule has 3 atom stereocenters. The summed E-state index contributed by atoms with van der Waals surface area (Å²) in [4.78, 5) is 13.9. The minimum Gasteiger partial charge on any atom is -0.340 e. The van der Waals surface area contributed by atoms with Crippen molar-refractivity contribution in [3.8, 4) is 0 Å². The quantitative estimate of drug-likeness (QED) is 0.775. The van der Waals surface area contributed by atoms with Crippen LogP contribution in [0.15, 0.2) is 0 Å². The third kappa shape index (κ3) is 3.82. The zero-order valence-electron chi connectivity index (χ0n) is 10.2. The van der Waals surface area contributed by atoms with Gasteiger partial charge in [0.2, 0.25) is 5.91 Å². The van der Waals surface area contributed by atoms with E-state index in [9.17, 15) is 4.79 Å². The van der Waals surface area contributed by atoms with E-state index in [1.807, 2.05) is 11.8 Å². The molecule has 0 aromatic carbocycles. The number of carbonyl (C=O) groups excluding carboxylic acids is 1. The fraction of sp³-hybridized carbons (Fsp3) is 0.917. The number of rotatable bonds is 3. The van der Waals surface area contributed by atoms with Crippen molar-refractivity contribution in [1.82, 2.24) is 4.90 Å². The Kier molecular flexibility index (Phi) is 4.58. The minimum atomic E-state index is 0.132. The Bertz CT molecular complexity index is 216. The van der Waals surface area contributed by atoms with Crippen LogP contribution in [0, 0.1) is 5.92 Å². The molecule has 0 saturated carbocycles. The minimum absolute atomic E-state index is 0.132. The van der Waals surface area contributed by atoms with Crippen molar-refractivity contribution in [2.45, 2.75) is 58.5 Å². The molecule has 3 heteroatoms. The van der Waals surface area contributed by atoms with E-state index in [1.54, 1.807) is 0 Å². The van der Waals surface area contributed by atoms with Gasteiger partial charge in [-0.25, -0.2) is 0 Å². The zero-order valence-corrected chi connectivity index (χ0v) is 10.2. The van der Waals surface area contributed by atoms with Gasteiger partial charge in [-0.05, 0) is 39.0 Å². The molecule has 1 saturated heterocycles. The van der Waals surface area contributed by atoms with Crippen molar-refractivity contribution >= 4 is 5.91 Å². The average Bonchev–Trinajstić information content (AvgIpc) is 2.14. The first kappa shape index (κ1) is 12.5. The Balaban J connectivity index is 2.38. The number of nitrogens with two attached hydrogens (primary N) is 1. The number of piperidine rings is 1. The van der Waals surface area contributed by atoms with Gasteiger partial charge in [0.25, 0.3) is 0 Å². The summed E-state index contributed by atoms with van der Waals surface area (Å²) >= 11 is 0. The van der Waals surface area contributed by atoms with Gasteiger partial charge in [0.15, 0.2) is 0 Å². The van der Waals surface area contributed by atoms with E-state index in [0.717, 1.165) is 31.7 Å². The van der Waals surface area contributed by atoms with Crippen molar-refractivity contribution < 1.29 is 4.79 Å². The van der Waals surface area contributed by atoms with E-state index in [0.29, 0.717) is 12.5 Å². The molecule has 0 aliphatic carbocycles. The number of nitrogens with zero attached hydrogens (tertiary/aromatic N) is 1. The van der Waals surface area contributed by atoms with Crippen LogP contribution in [0.3, 0.4) is 0 Å². The lowest BCUT2D eigenvalue weighted by Gasteiger charge is -2.36. The van der Waals surface area contributed by atoms with Crippen molar-refractivity contribution in [1.29, 1.82) is 0 Å². The van der Waals surface area contributed by atoms with E-state index in [1.165, 1.54) is 0 Å². The summed E-state index contributed by atoms with van der Waals surface area (Å²) in [6, 6.07) is 0.544. The number of hydrogen-bond acceptors (Lipinski definition) is 2. The van der Waals surface area contributed by atoms with Gasteiger partial charge < -0.3 is 10.6 Å². The summed E-state index contributed by atoms with van der Waals surface area (Å²) in [5.74, 6) is 1.05. The second-order valence-electron chi connectivity index (χ2n) is 5.08. The fourth-order valence-corrected chi connectivity index (χ4v) is 2.27. The molecule has 0 aromatic rings. The van der Waals surface area contributed by atoms with E-state index in [2.05, 4.69) is 13.8 Å². The van der Waals surface area contributed by atoms with Crippen LogP contribution in [0.2, 0.25) is 0 Å². The lowest BCUT2D eigenvalue weighted by atomic mass is 9.93. The molecule has 1 amide bonds. The first-order valence-corrected chi connectivity index (χ1v) is 6.05. The smallest absolute Gasteiger partial charge is 0.222 e. The molecule has 88 valence electrons. The van der Waals surface area contributed by atoms with Gasteiger partial charge in [-0.2, -0.15) is 0 Å². The summed E-state index contributed by atoms with van der Waals surface area (Å²) in [6.07, 6.45) is 3.70. The summed E-state index contributed by atoms with van der Waals surface area (Å²) in [6.45, 7) is 7.30. The Morgan fingerprint density at radius 2 is 2.20 bits per heavy atom. The van der Waals surface area contributed by atoms with Gasteiger partial charge in [0.05, 0.1) is 0 Å². The Hall–Kier alpha value is -0.570. The molecule has 1 aliphatic heterocycles. The Labute approximate surface area is 93.0 Å². The van der Waals surface area contributed by atoms with E-state index in [4.69, 9.17) is 5.73 Å². The molecular weight excluding hydrogens is 188 g/mol. The van der Waals surface area contributed by atoms with Crippen LogP contribution >= 0.6 is 0 Å². The fourth-order valence-electron chi connectivity index (χ4n) is 2.27. The van der Waals surface area contributed by atoms with Gasteiger partial charge in [-0.1, -0.05) is 6.92 Å². The monoisotopic (exact) mass is 212 g/mol.